The van der Waals surface area contributed by atoms with Crippen molar-refractivity contribution in [3.8, 4) is 0 Å². The molecule has 0 aliphatic heterocycles. The number of rotatable bonds is 65. The zero-order chi connectivity index (χ0) is 107. The van der Waals surface area contributed by atoms with Gasteiger partial charge >= 0.3 is 89.2 Å². The van der Waals surface area contributed by atoms with Crippen LogP contribution in [0.25, 0.3) is 0 Å². The van der Waals surface area contributed by atoms with Crippen molar-refractivity contribution in [3.63, 3.8) is 0 Å². The average molecular weight is 2120 g/mol. The van der Waals surface area contributed by atoms with Gasteiger partial charge in [0.15, 0.2) is 45.5 Å². The topological polar surface area (TPSA) is 438 Å². The molecule has 0 aromatic carbocycles. The fraction of sp³-hybridized carbons (Fsp3) is 0.840. The molecule has 4 rings (SSSR count). The zero-order valence-corrected chi connectivity index (χ0v) is 97.2. The average Bonchev–Trinajstić information content (AvgIpc) is 0.800. The highest BCUT2D eigenvalue weighted by Crippen LogP contribution is 2.53. The fourth-order valence-corrected chi connectivity index (χ4v) is 46.3. The standard InChI is InChI=1S/C100H182N4O32Si6/c1-29-81(105)121-49-50-126-87(111)54-75-56-93(3,4)70-99(13,58-75)73-102-90(114)129-66-80(65-120-74-142(28,135-139(21,22)23)136-140(24,25)26)132-88(112)55-76-57-94(5,6)71-100(14,59-76)72-101-89(113)127-48-44-118-42-46-124-84(108)35-32-31-34-83(107)123-45-41-117-43-47-125-85(109)36-38-97(11)63-78(61-96(9,10)68-97)104-92(116)130-67-79(64-119-40-33-53-141(27,133-137(15,16)17)134-138(18,19)20)131-86(110)37-39-98(12)62-77(60-95(7,8)69-98)103-91(115)128-52-51-122-82(106)30-2/h29-30,75-80H,1-2,31-74H2,3-28H3,(H,101,113)(H,102,114)(H,103,115)(H,104,116). The third kappa shape index (κ3) is 58.2. The summed E-state index contributed by atoms with van der Waals surface area (Å²) in [5.41, 5.74) is -2.29. The first-order valence-corrected chi connectivity index (χ1v) is 69.7. The Balaban J connectivity index is 1.13. The van der Waals surface area contributed by atoms with Gasteiger partial charge in [-0.25, -0.2) is 28.8 Å². The fourth-order valence-electron chi connectivity index (χ4n) is 22.0. The van der Waals surface area contributed by atoms with Crippen LogP contribution in [0.3, 0.4) is 0 Å². The van der Waals surface area contributed by atoms with Crippen molar-refractivity contribution in [2.24, 2.45) is 55.2 Å². The summed E-state index contributed by atoms with van der Waals surface area (Å²) in [5.74, 6) is -4.05. The number of nitrogens with one attached hydrogen (secondary N) is 4. The van der Waals surface area contributed by atoms with Crippen molar-refractivity contribution >= 4 is 123 Å². The lowest BCUT2D eigenvalue weighted by Gasteiger charge is -2.46. The quantitative estimate of drug-likeness (QED) is 0.0144. The molecule has 0 bridgehead atoms. The van der Waals surface area contributed by atoms with E-state index in [1.54, 1.807) is 0 Å². The molecular formula is C100H182N4O32Si6. The molecule has 4 N–H and O–H groups in total. The van der Waals surface area contributed by atoms with E-state index in [1.165, 1.54) is 0 Å². The van der Waals surface area contributed by atoms with Crippen LogP contribution in [0.5, 0.6) is 0 Å². The van der Waals surface area contributed by atoms with E-state index in [-0.39, 0.29) is 220 Å². The monoisotopic (exact) mass is 2120 g/mol. The first kappa shape index (κ1) is 128. The number of alkyl carbamates (subject to hydrolysis) is 4. The Kier molecular flexibility index (Phi) is 52.9. The Labute approximate surface area is 853 Å². The van der Waals surface area contributed by atoms with Gasteiger partial charge in [-0.2, -0.15) is 0 Å². The van der Waals surface area contributed by atoms with E-state index in [2.05, 4.69) is 203 Å². The first-order chi connectivity index (χ1) is 65.6. The van der Waals surface area contributed by atoms with Crippen molar-refractivity contribution in [3.05, 3.63) is 25.3 Å². The van der Waals surface area contributed by atoms with E-state index in [1.807, 2.05) is 6.55 Å². The summed E-state index contributed by atoms with van der Waals surface area (Å²) >= 11 is 0. The third-order valence-electron chi connectivity index (χ3n) is 24.5. The van der Waals surface area contributed by atoms with Gasteiger partial charge in [-0.05, 0) is 262 Å². The van der Waals surface area contributed by atoms with E-state index >= 15 is 0 Å². The van der Waals surface area contributed by atoms with Gasteiger partial charge in [0.1, 0.15) is 66.1 Å². The Bertz CT molecular complexity index is 3970. The molecule has 4 amide bonds. The molecule has 0 radical (unpaired) electrons. The minimum Gasteiger partial charge on any atom is -0.463 e. The van der Waals surface area contributed by atoms with Crippen LogP contribution in [-0.4, -0.2) is 278 Å². The van der Waals surface area contributed by atoms with Crippen LogP contribution in [0.1, 0.15) is 231 Å². The lowest BCUT2D eigenvalue weighted by molar-refractivity contribution is -0.157. The summed E-state index contributed by atoms with van der Waals surface area (Å²) in [6.07, 6.45) is 8.97. The number of hydrogen-bond donors (Lipinski definition) is 4. The van der Waals surface area contributed by atoms with Crippen molar-refractivity contribution in [2.75, 3.05) is 132 Å². The molecule has 0 saturated heterocycles. The second-order valence-electron chi connectivity index (χ2n) is 48.3. The summed E-state index contributed by atoms with van der Waals surface area (Å²) in [4.78, 5) is 155. The first-order valence-electron chi connectivity index (χ1n) is 51.0. The number of esters is 8. The Morgan fingerprint density at radius 3 is 1.08 bits per heavy atom. The number of carbonyl (C=O) groups excluding carboxylic acids is 12. The normalized spacial score (nSPS) is 22.6. The summed E-state index contributed by atoms with van der Waals surface area (Å²) in [5, 5.41) is 11.9. The van der Waals surface area contributed by atoms with Crippen LogP contribution in [0.4, 0.5) is 19.2 Å². The molecule has 10 atom stereocenters. The SMILES string of the molecule is C=CC(=O)OCCOC(=O)CC1CC(C)(C)CC(C)(CNC(=O)OCC(COC[Si](C)(O[Si](C)(C)C)O[Si](C)(C)C)OC(=O)CC2CC(C)(C)CC(C)(CNC(=O)OCCOCCOC(=O)CCCCC(=O)OCCOCCOC(=O)CCC3(C)CC(NC(=O)OCC(COCCC[Si](C)(O[Si](C)(C)C)O[Si](C)(C)C)OC(=O)CCC4(C)CC(NC(=O)OCCOC(=O)C=C)CC(C)(C)C4)CC(C)(C)C3)C2)C1. The molecule has 0 aromatic heterocycles. The molecule has 4 aliphatic carbocycles. The van der Waals surface area contributed by atoms with Gasteiger partial charge in [0.05, 0.1) is 45.9 Å². The van der Waals surface area contributed by atoms with Crippen molar-refractivity contribution < 1.29 is 150 Å². The van der Waals surface area contributed by atoms with Gasteiger partial charge in [0.25, 0.3) is 0 Å². The van der Waals surface area contributed by atoms with Gasteiger partial charge in [-0.3, -0.25) is 28.8 Å². The molecule has 818 valence electrons. The summed E-state index contributed by atoms with van der Waals surface area (Å²) in [7, 11) is -13.5. The number of carbonyl (C=O) groups is 12. The van der Waals surface area contributed by atoms with Crippen molar-refractivity contribution in [1.29, 1.82) is 0 Å². The third-order valence-corrected chi connectivity index (χ3v) is 43.2. The highest BCUT2D eigenvalue weighted by Gasteiger charge is 2.49. The summed E-state index contributed by atoms with van der Waals surface area (Å²) < 4.78 is 116. The van der Waals surface area contributed by atoms with Gasteiger partial charge in [0, 0.05) is 82.5 Å². The molecule has 10 unspecified atom stereocenters. The van der Waals surface area contributed by atoms with Gasteiger partial charge in [0.2, 0.25) is 0 Å². The van der Waals surface area contributed by atoms with Crippen LogP contribution in [-0.2, 0) is 131 Å². The maximum Gasteiger partial charge on any atom is 0.407 e. The molecule has 4 aliphatic rings. The predicted molar refractivity (Wildman–Crippen MR) is 551 cm³/mol. The van der Waals surface area contributed by atoms with Crippen LogP contribution in [0, 0.1) is 55.2 Å². The van der Waals surface area contributed by atoms with Crippen molar-refractivity contribution in [2.45, 2.75) is 353 Å². The lowest BCUT2D eigenvalue weighted by Crippen LogP contribution is -2.56. The molecule has 4 saturated carbocycles. The number of amides is 4. The molecule has 36 nitrogen and oxygen atoms in total. The van der Waals surface area contributed by atoms with Crippen LogP contribution < -0.4 is 21.3 Å². The number of unbranched alkanes of at least 4 members (excludes halogenated alkanes) is 1. The van der Waals surface area contributed by atoms with E-state index in [0.29, 0.717) is 89.7 Å². The maximum absolute atomic E-state index is 14.1. The molecule has 0 heterocycles. The van der Waals surface area contributed by atoms with E-state index < -0.39 is 146 Å². The molecule has 0 spiro atoms. The van der Waals surface area contributed by atoms with Gasteiger partial charge in [-0.1, -0.05) is 96.2 Å². The minimum atomic E-state index is -2.89. The smallest absolute Gasteiger partial charge is 0.407 e. The van der Waals surface area contributed by atoms with E-state index in [0.717, 1.165) is 44.3 Å². The second kappa shape index (κ2) is 58.9. The maximum atomic E-state index is 14.1. The van der Waals surface area contributed by atoms with E-state index in [9.17, 15) is 57.5 Å². The Hall–Kier alpha value is -6.70. The van der Waals surface area contributed by atoms with Gasteiger partial charge < -0.3 is 114 Å². The van der Waals surface area contributed by atoms with Gasteiger partial charge in [-0.15, -0.1) is 0 Å². The number of hydrogen-bond acceptors (Lipinski definition) is 32. The predicted octanol–water partition coefficient (Wildman–Crippen LogP) is 17.6. The summed E-state index contributed by atoms with van der Waals surface area (Å²) in [6, 6.07) is 0.172. The summed E-state index contributed by atoms with van der Waals surface area (Å²) in [6.45, 7) is 61.7. The highest BCUT2D eigenvalue weighted by molar-refractivity contribution is 6.88. The molecular weight excluding hydrogens is 1940 g/mol. The molecule has 0 aromatic rings. The molecule has 42 heteroatoms. The Morgan fingerprint density at radius 1 is 0.317 bits per heavy atom. The molecule has 4 fully saturated rings. The molecule has 142 heavy (non-hydrogen) atoms. The van der Waals surface area contributed by atoms with Crippen molar-refractivity contribution in [1.82, 2.24) is 21.3 Å². The van der Waals surface area contributed by atoms with E-state index in [4.69, 9.17) is 92.3 Å². The zero-order valence-electron chi connectivity index (χ0n) is 91.2. The second-order valence-corrected chi connectivity index (χ2v) is 73.8. The minimum absolute atomic E-state index is 0.00713. The Morgan fingerprint density at radius 2 is 0.648 bits per heavy atom. The van der Waals surface area contributed by atoms with Crippen LogP contribution in [0.2, 0.25) is 97.7 Å². The number of ether oxygens (including phenoxy) is 16. The van der Waals surface area contributed by atoms with Crippen LogP contribution >= 0.6 is 0 Å². The lowest BCUT2D eigenvalue weighted by atomic mass is 9.60. The largest absolute Gasteiger partial charge is 0.463 e. The highest BCUT2D eigenvalue weighted by atomic mass is 28.5. The van der Waals surface area contributed by atoms with Crippen LogP contribution in [0.15, 0.2) is 25.3 Å².